The van der Waals surface area contributed by atoms with Gasteiger partial charge in [0.2, 0.25) is 5.91 Å². The number of carbonyl (C=O) groups excluding carboxylic acids is 2. The van der Waals surface area contributed by atoms with Crippen molar-refractivity contribution >= 4 is 28.4 Å². The summed E-state index contributed by atoms with van der Waals surface area (Å²) >= 11 is 1.62. The van der Waals surface area contributed by atoms with E-state index in [4.69, 9.17) is 0 Å². The molecule has 3 heterocycles. The molecule has 1 N–H and O–H groups in total. The summed E-state index contributed by atoms with van der Waals surface area (Å²) in [5.74, 6) is 0.0232. The summed E-state index contributed by atoms with van der Waals surface area (Å²) in [5, 5.41) is 5.75. The van der Waals surface area contributed by atoms with E-state index in [0.29, 0.717) is 13.1 Å². The quantitative estimate of drug-likeness (QED) is 0.893. The third-order valence-corrected chi connectivity index (χ3v) is 5.15. The Morgan fingerprint density at radius 1 is 1.04 bits per heavy atom. The predicted octanol–water partition coefficient (Wildman–Crippen LogP) is 0.987. The van der Waals surface area contributed by atoms with Crippen LogP contribution in [-0.4, -0.2) is 72.5 Å². The Morgan fingerprint density at radius 3 is 2.57 bits per heavy atom. The summed E-state index contributed by atoms with van der Waals surface area (Å²) in [4.78, 5) is 34.4. The summed E-state index contributed by atoms with van der Waals surface area (Å²) < 4.78 is 0. The van der Waals surface area contributed by atoms with Crippen molar-refractivity contribution in [3.63, 3.8) is 0 Å². The Hall–Kier alpha value is -1.83. The van der Waals surface area contributed by atoms with Gasteiger partial charge in [0.15, 0.2) is 5.13 Å². The minimum absolute atomic E-state index is 0.0232. The number of likely N-dealkylation sites (tertiary alicyclic amines) is 1. The molecular weight excluding hydrogens is 314 g/mol. The predicted molar refractivity (Wildman–Crippen MR) is 89.7 cm³/mol. The standard InChI is InChI=1S/C15H23N5O2S/c21-13(18-5-1-2-6-18)12-17-14(22)19-7-3-8-20(10-9-19)15-16-4-11-23-15/h4,11H,1-3,5-10,12H2,(H,17,22). The number of hydrogen-bond donors (Lipinski definition) is 1. The first-order valence-corrected chi connectivity index (χ1v) is 9.07. The largest absolute Gasteiger partial charge is 0.346 e. The van der Waals surface area contributed by atoms with Crippen LogP contribution in [0.3, 0.4) is 0 Å². The molecule has 3 rings (SSSR count). The molecule has 7 nitrogen and oxygen atoms in total. The Balaban J connectivity index is 1.45. The van der Waals surface area contributed by atoms with Gasteiger partial charge in [0.1, 0.15) is 0 Å². The van der Waals surface area contributed by atoms with Gasteiger partial charge in [-0.15, -0.1) is 11.3 Å². The topological polar surface area (TPSA) is 68.8 Å². The Kier molecular flexibility index (Phi) is 5.32. The molecule has 23 heavy (non-hydrogen) atoms. The van der Waals surface area contributed by atoms with Gasteiger partial charge in [-0.05, 0) is 19.3 Å². The number of anilines is 1. The Labute approximate surface area is 140 Å². The lowest BCUT2D eigenvalue weighted by Gasteiger charge is -2.22. The van der Waals surface area contributed by atoms with Gasteiger partial charge in [0.05, 0.1) is 6.54 Å². The molecular formula is C15H23N5O2S. The van der Waals surface area contributed by atoms with Crippen molar-refractivity contribution in [3.8, 4) is 0 Å². The van der Waals surface area contributed by atoms with Gasteiger partial charge in [-0.1, -0.05) is 0 Å². The zero-order valence-corrected chi connectivity index (χ0v) is 14.1. The van der Waals surface area contributed by atoms with Crippen LogP contribution in [0.5, 0.6) is 0 Å². The van der Waals surface area contributed by atoms with Crippen LogP contribution in [0.1, 0.15) is 19.3 Å². The van der Waals surface area contributed by atoms with Crippen molar-refractivity contribution in [2.24, 2.45) is 0 Å². The third-order valence-electron chi connectivity index (χ3n) is 4.32. The van der Waals surface area contributed by atoms with E-state index in [0.717, 1.165) is 50.6 Å². The first-order chi connectivity index (χ1) is 11.2. The summed E-state index contributed by atoms with van der Waals surface area (Å²) in [6.07, 6.45) is 4.85. The summed E-state index contributed by atoms with van der Waals surface area (Å²) in [6, 6.07) is -0.140. The van der Waals surface area contributed by atoms with E-state index in [-0.39, 0.29) is 18.5 Å². The van der Waals surface area contributed by atoms with Crippen LogP contribution in [0.4, 0.5) is 9.93 Å². The van der Waals surface area contributed by atoms with Gasteiger partial charge in [0, 0.05) is 50.8 Å². The van der Waals surface area contributed by atoms with Crippen LogP contribution < -0.4 is 10.2 Å². The first kappa shape index (κ1) is 16.0. The Morgan fingerprint density at radius 2 is 1.83 bits per heavy atom. The highest BCUT2D eigenvalue weighted by molar-refractivity contribution is 7.13. The van der Waals surface area contributed by atoms with E-state index in [1.54, 1.807) is 22.4 Å². The lowest BCUT2D eigenvalue weighted by molar-refractivity contribution is -0.129. The number of nitrogens with one attached hydrogen (secondary N) is 1. The maximum atomic E-state index is 12.3. The molecule has 0 bridgehead atoms. The highest BCUT2D eigenvalue weighted by Gasteiger charge is 2.22. The second-order valence-electron chi connectivity index (χ2n) is 5.89. The molecule has 0 saturated carbocycles. The molecule has 0 aliphatic carbocycles. The monoisotopic (exact) mass is 337 g/mol. The van der Waals surface area contributed by atoms with Crippen molar-refractivity contribution < 1.29 is 9.59 Å². The lowest BCUT2D eigenvalue weighted by Crippen LogP contribution is -2.46. The van der Waals surface area contributed by atoms with Crippen molar-refractivity contribution in [2.75, 3.05) is 50.7 Å². The molecule has 0 atom stereocenters. The first-order valence-electron chi connectivity index (χ1n) is 8.19. The molecule has 1 aromatic heterocycles. The molecule has 0 radical (unpaired) electrons. The molecule has 3 amide bonds. The smallest absolute Gasteiger partial charge is 0.317 e. The van der Waals surface area contributed by atoms with Crippen LogP contribution in [0.2, 0.25) is 0 Å². The maximum absolute atomic E-state index is 12.3. The lowest BCUT2D eigenvalue weighted by atomic mass is 10.4. The van der Waals surface area contributed by atoms with Gasteiger partial charge in [-0.3, -0.25) is 4.79 Å². The fourth-order valence-electron chi connectivity index (χ4n) is 3.03. The minimum atomic E-state index is -0.140. The highest BCUT2D eigenvalue weighted by Crippen LogP contribution is 2.19. The van der Waals surface area contributed by atoms with Crippen LogP contribution in [0, 0.1) is 0 Å². The Bertz CT molecular complexity index is 530. The fourth-order valence-corrected chi connectivity index (χ4v) is 3.72. The second-order valence-corrected chi connectivity index (χ2v) is 6.76. The molecule has 2 saturated heterocycles. The van der Waals surface area contributed by atoms with Crippen molar-refractivity contribution in [1.29, 1.82) is 0 Å². The molecule has 126 valence electrons. The van der Waals surface area contributed by atoms with Gasteiger partial charge >= 0.3 is 6.03 Å². The van der Waals surface area contributed by atoms with E-state index in [9.17, 15) is 9.59 Å². The number of urea groups is 1. The van der Waals surface area contributed by atoms with Gasteiger partial charge in [0.25, 0.3) is 0 Å². The highest BCUT2D eigenvalue weighted by atomic mass is 32.1. The third kappa shape index (κ3) is 4.13. The van der Waals surface area contributed by atoms with E-state index >= 15 is 0 Å². The zero-order chi connectivity index (χ0) is 16.1. The van der Waals surface area contributed by atoms with E-state index in [1.807, 2.05) is 10.3 Å². The molecule has 0 unspecified atom stereocenters. The number of hydrogen-bond acceptors (Lipinski definition) is 5. The van der Waals surface area contributed by atoms with Gasteiger partial charge in [-0.2, -0.15) is 0 Å². The average Bonchev–Trinajstić information content (AvgIpc) is 3.23. The normalized spacial score (nSPS) is 18.9. The van der Waals surface area contributed by atoms with Crippen LogP contribution >= 0.6 is 11.3 Å². The van der Waals surface area contributed by atoms with Gasteiger partial charge in [-0.25, -0.2) is 9.78 Å². The second kappa shape index (κ2) is 7.63. The molecule has 1 aromatic rings. The number of aromatic nitrogens is 1. The average molecular weight is 337 g/mol. The SMILES string of the molecule is O=C(CNC(=O)N1CCCN(c2nccs2)CC1)N1CCCC1. The van der Waals surface area contributed by atoms with E-state index < -0.39 is 0 Å². The van der Waals surface area contributed by atoms with Crippen molar-refractivity contribution in [2.45, 2.75) is 19.3 Å². The van der Waals surface area contributed by atoms with Crippen molar-refractivity contribution in [1.82, 2.24) is 20.1 Å². The van der Waals surface area contributed by atoms with Crippen LogP contribution in [-0.2, 0) is 4.79 Å². The van der Waals surface area contributed by atoms with E-state index in [2.05, 4.69) is 15.2 Å². The maximum Gasteiger partial charge on any atom is 0.317 e. The molecule has 8 heteroatoms. The fraction of sp³-hybridized carbons (Fsp3) is 0.667. The molecule has 2 aliphatic heterocycles. The number of rotatable bonds is 3. The summed E-state index contributed by atoms with van der Waals surface area (Å²) in [6.45, 7) is 4.80. The summed E-state index contributed by atoms with van der Waals surface area (Å²) in [5.41, 5.74) is 0. The van der Waals surface area contributed by atoms with Crippen molar-refractivity contribution in [3.05, 3.63) is 11.6 Å². The number of nitrogens with zero attached hydrogens (tertiary/aromatic N) is 4. The van der Waals surface area contributed by atoms with Gasteiger partial charge < -0.3 is 20.0 Å². The summed E-state index contributed by atoms with van der Waals surface area (Å²) in [7, 11) is 0. The molecule has 2 aliphatic rings. The zero-order valence-electron chi connectivity index (χ0n) is 13.2. The number of carbonyl (C=O) groups is 2. The van der Waals surface area contributed by atoms with Crippen LogP contribution in [0.25, 0.3) is 0 Å². The number of amides is 3. The van der Waals surface area contributed by atoms with E-state index in [1.165, 1.54) is 0 Å². The number of thiazole rings is 1. The minimum Gasteiger partial charge on any atom is -0.346 e. The van der Waals surface area contributed by atoms with Crippen LogP contribution in [0.15, 0.2) is 11.6 Å². The molecule has 0 spiro atoms. The molecule has 2 fully saturated rings. The molecule has 0 aromatic carbocycles.